The number of aromatic nitrogens is 3. The van der Waals surface area contributed by atoms with Gasteiger partial charge in [-0.15, -0.1) is 0 Å². The van der Waals surface area contributed by atoms with Gasteiger partial charge in [-0.25, -0.2) is 4.98 Å². The van der Waals surface area contributed by atoms with Crippen LogP contribution in [0.2, 0.25) is 0 Å². The summed E-state index contributed by atoms with van der Waals surface area (Å²) in [7, 11) is 0. The molecule has 0 fully saturated rings. The fraction of sp³-hybridized carbons (Fsp3) is 0.0952. The number of imidazole rings is 1. The first kappa shape index (κ1) is 15.6. The van der Waals surface area contributed by atoms with Crippen molar-refractivity contribution < 1.29 is 9.90 Å². The van der Waals surface area contributed by atoms with E-state index in [2.05, 4.69) is 15.0 Å². The number of amides is 1. The molecule has 1 unspecified atom stereocenters. The molecule has 0 saturated heterocycles. The Morgan fingerprint density at radius 3 is 2.81 bits per heavy atom. The topological polar surface area (TPSA) is 82.1 Å². The third kappa shape index (κ3) is 2.23. The monoisotopic (exact) mass is 356 g/mol. The molecule has 1 aliphatic heterocycles. The van der Waals surface area contributed by atoms with E-state index in [1.807, 2.05) is 48.5 Å². The first-order valence-corrected chi connectivity index (χ1v) is 8.65. The van der Waals surface area contributed by atoms with E-state index in [0.29, 0.717) is 11.3 Å². The van der Waals surface area contributed by atoms with Crippen LogP contribution in [0, 0.1) is 0 Å². The van der Waals surface area contributed by atoms with E-state index in [1.54, 1.807) is 24.3 Å². The number of benzene rings is 2. The van der Waals surface area contributed by atoms with Gasteiger partial charge in [0.2, 0.25) is 0 Å². The number of aliphatic hydroxyl groups is 1. The minimum absolute atomic E-state index is 0.203. The molecule has 5 rings (SSSR count). The molecule has 0 saturated carbocycles. The lowest BCUT2D eigenvalue weighted by molar-refractivity contribution is -0.117. The second-order valence-corrected chi connectivity index (χ2v) is 6.63. The molecule has 2 N–H and O–H groups in total. The van der Waals surface area contributed by atoms with Crippen LogP contribution < -0.4 is 4.90 Å². The van der Waals surface area contributed by atoms with Gasteiger partial charge >= 0.3 is 0 Å². The van der Waals surface area contributed by atoms with Crippen LogP contribution in [-0.4, -0.2) is 26.0 Å². The molecule has 2 aromatic heterocycles. The van der Waals surface area contributed by atoms with Gasteiger partial charge in [-0.2, -0.15) is 0 Å². The highest BCUT2D eigenvalue weighted by atomic mass is 16.3. The van der Waals surface area contributed by atoms with E-state index in [0.717, 1.165) is 27.5 Å². The number of carbonyl (C=O) groups excluding carboxylic acids is 1. The number of carbonyl (C=O) groups is 1. The van der Waals surface area contributed by atoms with Crippen molar-refractivity contribution in [2.75, 3.05) is 4.90 Å². The number of para-hydroxylation sites is 1. The number of aliphatic hydroxyl groups excluding tert-OH is 1. The standard InChI is InChI=1S/C21H16N4O2/c1-12-19(15-8-9-22-16-5-3-2-4-14(15)16)25(21(27)20(12)26)13-6-7-17-18(10-13)24-11-23-17/h2-11,19,26H,1H3,(H,23,24). The number of nitrogens with one attached hydrogen (secondary N) is 1. The minimum atomic E-state index is -0.405. The van der Waals surface area contributed by atoms with Crippen LogP contribution >= 0.6 is 0 Å². The van der Waals surface area contributed by atoms with E-state index in [9.17, 15) is 9.90 Å². The van der Waals surface area contributed by atoms with Crippen LogP contribution in [0.4, 0.5) is 5.69 Å². The molecule has 132 valence electrons. The van der Waals surface area contributed by atoms with E-state index in [4.69, 9.17) is 0 Å². The maximum Gasteiger partial charge on any atom is 0.293 e. The smallest absolute Gasteiger partial charge is 0.293 e. The summed E-state index contributed by atoms with van der Waals surface area (Å²) in [5, 5.41) is 11.4. The molecule has 0 bridgehead atoms. The number of aromatic amines is 1. The Balaban J connectivity index is 1.73. The van der Waals surface area contributed by atoms with Crippen molar-refractivity contribution in [3.63, 3.8) is 0 Å². The van der Waals surface area contributed by atoms with Gasteiger partial charge in [-0.1, -0.05) is 18.2 Å². The largest absolute Gasteiger partial charge is 0.503 e. The number of fused-ring (bicyclic) bond motifs is 2. The highest BCUT2D eigenvalue weighted by molar-refractivity contribution is 6.09. The van der Waals surface area contributed by atoms with Crippen molar-refractivity contribution in [3.05, 3.63) is 78.0 Å². The van der Waals surface area contributed by atoms with Gasteiger partial charge in [0.05, 0.1) is 28.9 Å². The van der Waals surface area contributed by atoms with Gasteiger partial charge in [-0.05, 0) is 42.8 Å². The Bertz CT molecular complexity index is 1240. The fourth-order valence-electron chi connectivity index (χ4n) is 3.79. The van der Waals surface area contributed by atoms with Crippen molar-refractivity contribution >= 4 is 33.5 Å². The molecule has 6 heteroatoms. The summed E-state index contributed by atoms with van der Waals surface area (Å²) in [5.74, 6) is -0.608. The molecule has 2 aromatic carbocycles. The average Bonchev–Trinajstić information content (AvgIpc) is 3.25. The summed E-state index contributed by atoms with van der Waals surface area (Å²) in [5.41, 5.74) is 4.77. The van der Waals surface area contributed by atoms with Crippen LogP contribution in [0.3, 0.4) is 0 Å². The molecule has 27 heavy (non-hydrogen) atoms. The lowest BCUT2D eigenvalue weighted by Crippen LogP contribution is -2.30. The van der Waals surface area contributed by atoms with Gasteiger partial charge in [-0.3, -0.25) is 14.7 Å². The highest BCUT2D eigenvalue weighted by Crippen LogP contribution is 2.42. The second kappa shape index (κ2) is 5.67. The quantitative estimate of drug-likeness (QED) is 0.568. The van der Waals surface area contributed by atoms with Crippen LogP contribution in [-0.2, 0) is 4.79 Å². The zero-order valence-corrected chi connectivity index (χ0v) is 14.5. The van der Waals surface area contributed by atoms with Crippen molar-refractivity contribution in [2.24, 2.45) is 0 Å². The van der Waals surface area contributed by atoms with Gasteiger partial charge in [0.25, 0.3) is 5.91 Å². The summed E-state index contributed by atoms with van der Waals surface area (Å²) in [6.07, 6.45) is 3.36. The van der Waals surface area contributed by atoms with Crippen LogP contribution in [0.15, 0.2) is 72.4 Å². The fourth-order valence-corrected chi connectivity index (χ4v) is 3.79. The molecule has 1 amide bonds. The average molecular weight is 356 g/mol. The Labute approximate surface area is 154 Å². The molecule has 1 aliphatic rings. The third-order valence-electron chi connectivity index (χ3n) is 5.12. The van der Waals surface area contributed by atoms with E-state index < -0.39 is 11.9 Å². The highest BCUT2D eigenvalue weighted by Gasteiger charge is 2.40. The molecule has 1 atom stereocenters. The molecule has 6 nitrogen and oxygen atoms in total. The first-order valence-electron chi connectivity index (χ1n) is 8.65. The van der Waals surface area contributed by atoms with Crippen molar-refractivity contribution in [1.29, 1.82) is 0 Å². The minimum Gasteiger partial charge on any atom is -0.503 e. The zero-order chi connectivity index (χ0) is 18.5. The van der Waals surface area contributed by atoms with Crippen LogP contribution in [0.25, 0.3) is 21.9 Å². The van der Waals surface area contributed by atoms with Gasteiger partial charge < -0.3 is 10.1 Å². The molecular formula is C21H16N4O2. The van der Waals surface area contributed by atoms with E-state index >= 15 is 0 Å². The van der Waals surface area contributed by atoms with Crippen molar-refractivity contribution in [3.8, 4) is 0 Å². The molecule has 0 spiro atoms. The Morgan fingerprint density at radius 2 is 1.93 bits per heavy atom. The number of anilines is 1. The molecular weight excluding hydrogens is 340 g/mol. The number of hydrogen-bond acceptors (Lipinski definition) is 4. The summed E-state index contributed by atoms with van der Waals surface area (Å²) in [4.78, 5) is 26.2. The lowest BCUT2D eigenvalue weighted by Gasteiger charge is -2.27. The maximum atomic E-state index is 12.9. The van der Waals surface area contributed by atoms with Gasteiger partial charge in [0.1, 0.15) is 0 Å². The summed E-state index contributed by atoms with van der Waals surface area (Å²) in [6, 6.07) is 14.9. The summed E-state index contributed by atoms with van der Waals surface area (Å²) < 4.78 is 0. The predicted molar refractivity (Wildman–Crippen MR) is 103 cm³/mol. The third-order valence-corrected chi connectivity index (χ3v) is 5.12. The number of hydrogen-bond donors (Lipinski definition) is 2. The molecule has 0 radical (unpaired) electrons. The van der Waals surface area contributed by atoms with Crippen molar-refractivity contribution in [1.82, 2.24) is 15.0 Å². The number of H-pyrrole nitrogens is 1. The van der Waals surface area contributed by atoms with Crippen LogP contribution in [0.1, 0.15) is 18.5 Å². The molecule has 4 aromatic rings. The van der Waals surface area contributed by atoms with Gasteiger partial charge in [0.15, 0.2) is 5.76 Å². The van der Waals surface area contributed by atoms with Crippen LogP contribution in [0.5, 0.6) is 0 Å². The number of pyridine rings is 1. The number of nitrogens with zero attached hydrogens (tertiary/aromatic N) is 3. The summed E-state index contributed by atoms with van der Waals surface area (Å²) in [6.45, 7) is 1.79. The maximum absolute atomic E-state index is 12.9. The number of rotatable bonds is 2. The first-order chi connectivity index (χ1) is 13.1. The lowest BCUT2D eigenvalue weighted by atomic mass is 9.96. The Hall–Kier alpha value is -3.67. The van der Waals surface area contributed by atoms with E-state index in [1.165, 1.54) is 0 Å². The van der Waals surface area contributed by atoms with Crippen molar-refractivity contribution in [2.45, 2.75) is 13.0 Å². The normalized spacial score (nSPS) is 17.4. The zero-order valence-electron chi connectivity index (χ0n) is 14.5. The Kier molecular flexibility index (Phi) is 3.27. The Morgan fingerprint density at radius 1 is 1.07 bits per heavy atom. The van der Waals surface area contributed by atoms with E-state index in [-0.39, 0.29) is 5.76 Å². The predicted octanol–water partition coefficient (Wildman–Crippen LogP) is 4.03. The summed E-state index contributed by atoms with van der Waals surface area (Å²) >= 11 is 0. The second-order valence-electron chi connectivity index (χ2n) is 6.63. The van der Waals surface area contributed by atoms with Gasteiger partial charge in [0, 0.05) is 22.8 Å². The molecule has 0 aliphatic carbocycles. The SMILES string of the molecule is CC1=C(O)C(=O)N(c2ccc3nc[nH]c3c2)C1c1ccnc2ccccc12. The molecule has 3 heterocycles.